The Morgan fingerprint density at radius 2 is 2.24 bits per heavy atom. The van der Waals surface area contributed by atoms with E-state index in [0.29, 0.717) is 4.47 Å². The lowest BCUT2D eigenvalue weighted by Crippen LogP contribution is -2.05. The second kappa shape index (κ2) is 6.00. The number of nitrogens with zero attached hydrogens (tertiary/aromatic N) is 1. The van der Waals surface area contributed by atoms with E-state index >= 15 is 0 Å². The number of halogens is 1. The van der Waals surface area contributed by atoms with E-state index in [1.807, 2.05) is 7.05 Å². The molecule has 0 aliphatic heterocycles. The van der Waals surface area contributed by atoms with Crippen LogP contribution < -0.4 is 10.6 Å². The van der Waals surface area contributed by atoms with Gasteiger partial charge in [-0.1, -0.05) is 23.7 Å². The van der Waals surface area contributed by atoms with Crippen molar-refractivity contribution in [3.63, 3.8) is 0 Å². The molecule has 0 aliphatic rings. The van der Waals surface area contributed by atoms with Gasteiger partial charge in [-0.2, -0.15) is 0 Å². The van der Waals surface area contributed by atoms with Crippen LogP contribution in [0.15, 0.2) is 30.5 Å². The molecule has 0 amide bonds. The molecule has 0 atom stereocenters. The number of anilines is 1. The quantitative estimate of drug-likeness (QED) is 0.874. The van der Waals surface area contributed by atoms with Crippen LogP contribution in [0.1, 0.15) is 10.4 Å². The van der Waals surface area contributed by atoms with Gasteiger partial charge in [-0.3, -0.25) is 0 Å². The third-order valence-corrected chi connectivity index (χ3v) is 3.41. The van der Waals surface area contributed by atoms with Gasteiger partial charge in [-0.25, -0.2) is 4.98 Å². The zero-order chi connectivity index (χ0) is 12.1. The third-order valence-electron chi connectivity index (χ3n) is 2.30. The highest BCUT2D eigenvalue weighted by molar-refractivity contribution is 7.15. The fraction of sp³-hybridized carbons (Fsp3) is 0.250. The number of hydrogen-bond acceptors (Lipinski definition) is 4. The highest BCUT2D eigenvalue weighted by atomic mass is 35.5. The normalized spacial score (nSPS) is 10.5. The highest BCUT2D eigenvalue weighted by Crippen LogP contribution is 2.19. The molecule has 0 radical (unpaired) electrons. The summed E-state index contributed by atoms with van der Waals surface area (Å²) in [7, 11) is 1.94. The monoisotopic (exact) mass is 267 g/mol. The van der Waals surface area contributed by atoms with E-state index < -0.39 is 0 Å². The lowest BCUT2D eigenvalue weighted by molar-refractivity contribution is 0.818. The molecule has 1 aromatic carbocycles. The van der Waals surface area contributed by atoms with Crippen LogP contribution in [0.4, 0.5) is 5.69 Å². The van der Waals surface area contributed by atoms with Crippen molar-refractivity contribution in [1.29, 1.82) is 0 Å². The van der Waals surface area contributed by atoms with Crippen LogP contribution >= 0.6 is 22.9 Å². The zero-order valence-electron chi connectivity index (χ0n) is 9.53. The summed E-state index contributed by atoms with van der Waals surface area (Å²) < 4.78 is 0.589. The van der Waals surface area contributed by atoms with Crippen molar-refractivity contribution >= 4 is 28.6 Å². The molecule has 0 saturated heterocycles. The van der Waals surface area contributed by atoms with E-state index in [4.69, 9.17) is 11.6 Å². The summed E-state index contributed by atoms with van der Waals surface area (Å²) in [4.78, 5) is 5.14. The van der Waals surface area contributed by atoms with Gasteiger partial charge in [0.25, 0.3) is 0 Å². The van der Waals surface area contributed by atoms with Crippen LogP contribution in [0.2, 0.25) is 4.47 Å². The first-order chi connectivity index (χ1) is 8.28. The Morgan fingerprint density at radius 1 is 1.35 bits per heavy atom. The van der Waals surface area contributed by atoms with E-state index in [1.165, 1.54) is 16.9 Å². The molecule has 0 fully saturated rings. The van der Waals surface area contributed by atoms with E-state index in [1.54, 1.807) is 6.20 Å². The molecule has 2 aromatic rings. The third kappa shape index (κ3) is 3.70. The molecular formula is C12H14ClN3S. The Bertz CT molecular complexity index is 484. The summed E-state index contributed by atoms with van der Waals surface area (Å²) >= 11 is 7.28. The lowest BCUT2D eigenvalue weighted by Gasteiger charge is -2.06. The molecule has 0 bridgehead atoms. The van der Waals surface area contributed by atoms with E-state index in [2.05, 4.69) is 39.9 Å². The average Bonchev–Trinajstić information content (AvgIpc) is 2.74. The minimum Gasteiger partial charge on any atom is -0.380 e. The van der Waals surface area contributed by atoms with Crippen LogP contribution in [0.3, 0.4) is 0 Å². The maximum atomic E-state index is 5.78. The van der Waals surface area contributed by atoms with Crippen LogP contribution in [-0.2, 0) is 13.1 Å². The molecular weight excluding hydrogens is 254 g/mol. The summed E-state index contributed by atoms with van der Waals surface area (Å²) in [5.41, 5.74) is 2.38. The summed E-state index contributed by atoms with van der Waals surface area (Å²) in [6.07, 6.45) is 1.80. The molecule has 2 N–H and O–H groups in total. The predicted octanol–water partition coefficient (Wildman–Crippen LogP) is 3.13. The second-order valence-electron chi connectivity index (χ2n) is 3.66. The maximum absolute atomic E-state index is 5.78. The maximum Gasteiger partial charge on any atom is 0.183 e. The van der Waals surface area contributed by atoms with Gasteiger partial charge >= 0.3 is 0 Å². The largest absolute Gasteiger partial charge is 0.380 e. The topological polar surface area (TPSA) is 37.0 Å². The SMILES string of the molecule is CNCc1cccc(NCc2cnc(Cl)s2)c1. The van der Waals surface area contributed by atoms with Gasteiger partial charge in [-0.15, -0.1) is 11.3 Å². The zero-order valence-corrected chi connectivity index (χ0v) is 11.1. The molecule has 17 heavy (non-hydrogen) atoms. The van der Waals surface area contributed by atoms with E-state index in [0.717, 1.165) is 23.7 Å². The van der Waals surface area contributed by atoms with Crippen LogP contribution in [0, 0.1) is 0 Å². The molecule has 0 unspecified atom stereocenters. The molecule has 5 heteroatoms. The molecule has 1 heterocycles. The van der Waals surface area contributed by atoms with Crippen molar-refractivity contribution in [1.82, 2.24) is 10.3 Å². The van der Waals surface area contributed by atoms with Gasteiger partial charge < -0.3 is 10.6 Å². The van der Waals surface area contributed by atoms with Gasteiger partial charge in [-0.05, 0) is 24.7 Å². The molecule has 0 aliphatic carbocycles. The van der Waals surface area contributed by atoms with Crippen LogP contribution in [0.25, 0.3) is 0 Å². The van der Waals surface area contributed by atoms with Crippen molar-refractivity contribution < 1.29 is 0 Å². The molecule has 3 nitrogen and oxygen atoms in total. The molecule has 2 rings (SSSR count). The minimum absolute atomic E-state index is 0.589. The van der Waals surface area contributed by atoms with Gasteiger partial charge in [0.15, 0.2) is 4.47 Å². The average molecular weight is 268 g/mol. The Morgan fingerprint density at radius 3 is 2.94 bits per heavy atom. The number of benzene rings is 1. The standard InChI is InChI=1S/C12H14ClN3S/c1-14-6-9-3-2-4-10(5-9)15-7-11-8-16-12(13)17-11/h2-5,8,14-15H,6-7H2,1H3. The number of thiazole rings is 1. The number of nitrogens with one attached hydrogen (secondary N) is 2. The van der Waals surface area contributed by atoms with Crippen molar-refractivity contribution in [2.24, 2.45) is 0 Å². The van der Waals surface area contributed by atoms with Crippen LogP contribution in [0.5, 0.6) is 0 Å². The fourth-order valence-corrected chi connectivity index (χ4v) is 2.47. The molecule has 1 aromatic heterocycles. The first-order valence-corrected chi connectivity index (χ1v) is 6.55. The summed E-state index contributed by atoms with van der Waals surface area (Å²) in [6, 6.07) is 8.35. The van der Waals surface area contributed by atoms with Gasteiger partial charge in [0, 0.05) is 23.3 Å². The van der Waals surface area contributed by atoms with E-state index in [9.17, 15) is 0 Å². The highest BCUT2D eigenvalue weighted by Gasteiger charge is 2.00. The van der Waals surface area contributed by atoms with Crippen LogP contribution in [-0.4, -0.2) is 12.0 Å². The van der Waals surface area contributed by atoms with Gasteiger partial charge in [0.05, 0.1) is 6.54 Å². The first kappa shape index (κ1) is 12.4. The second-order valence-corrected chi connectivity index (χ2v) is 5.36. The minimum atomic E-state index is 0.589. The predicted molar refractivity (Wildman–Crippen MR) is 73.7 cm³/mol. The van der Waals surface area contributed by atoms with Crippen molar-refractivity contribution in [2.45, 2.75) is 13.1 Å². The van der Waals surface area contributed by atoms with Crippen molar-refractivity contribution in [3.8, 4) is 0 Å². The number of hydrogen-bond donors (Lipinski definition) is 2. The summed E-state index contributed by atoms with van der Waals surface area (Å²) in [5, 5.41) is 6.49. The molecule has 0 saturated carbocycles. The Balaban J connectivity index is 1.96. The van der Waals surface area contributed by atoms with Crippen molar-refractivity contribution in [2.75, 3.05) is 12.4 Å². The Hall–Kier alpha value is -1.10. The van der Waals surface area contributed by atoms with Crippen molar-refractivity contribution in [3.05, 3.63) is 45.4 Å². The number of rotatable bonds is 5. The summed E-state index contributed by atoms with van der Waals surface area (Å²) in [5.74, 6) is 0. The van der Waals surface area contributed by atoms with E-state index in [-0.39, 0.29) is 0 Å². The lowest BCUT2D eigenvalue weighted by atomic mass is 10.2. The first-order valence-electron chi connectivity index (χ1n) is 5.35. The molecule has 90 valence electrons. The summed E-state index contributed by atoms with van der Waals surface area (Å²) in [6.45, 7) is 1.63. The van der Waals surface area contributed by atoms with Gasteiger partial charge in [0.2, 0.25) is 0 Å². The fourth-order valence-electron chi connectivity index (χ4n) is 1.55. The molecule has 0 spiro atoms. The Labute approximate surface area is 110 Å². The smallest absolute Gasteiger partial charge is 0.183 e. The van der Waals surface area contributed by atoms with Gasteiger partial charge in [0.1, 0.15) is 0 Å². The number of aromatic nitrogens is 1. The Kier molecular flexibility index (Phi) is 4.36.